The highest BCUT2D eigenvalue weighted by Crippen LogP contribution is 2.29. The zero-order valence-electron chi connectivity index (χ0n) is 27.5. The van der Waals surface area contributed by atoms with Crippen LogP contribution in [0.1, 0.15) is 70.6 Å². The van der Waals surface area contributed by atoms with Gasteiger partial charge < -0.3 is 30.8 Å². The number of carbonyl (C=O) groups excluding carboxylic acids is 3. The maximum atomic E-state index is 14.0. The molecule has 1 fully saturated rings. The first-order chi connectivity index (χ1) is 22.6. The summed E-state index contributed by atoms with van der Waals surface area (Å²) in [4.78, 5) is 52.1. The Labute approximate surface area is 281 Å². The molecule has 0 unspecified atom stereocenters. The molecule has 2 aromatic heterocycles. The van der Waals surface area contributed by atoms with Gasteiger partial charge in [0.05, 0.1) is 23.5 Å². The van der Waals surface area contributed by atoms with Gasteiger partial charge in [-0.1, -0.05) is 68.5 Å². The van der Waals surface area contributed by atoms with Gasteiger partial charge in [0.2, 0.25) is 11.8 Å². The zero-order valence-corrected chi connectivity index (χ0v) is 28.3. The van der Waals surface area contributed by atoms with Crippen molar-refractivity contribution in [2.24, 2.45) is 5.92 Å². The molecule has 1 aromatic carbocycles. The Bertz CT molecular complexity index is 1380. The lowest BCUT2D eigenvalue weighted by Gasteiger charge is -2.31. The molecule has 0 radical (unpaired) electrons. The molecule has 2 heterocycles. The van der Waals surface area contributed by atoms with Crippen molar-refractivity contribution >= 4 is 29.7 Å². The van der Waals surface area contributed by atoms with Crippen molar-refractivity contribution in [3.05, 3.63) is 78.5 Å². The summed E-state index contributed by atoms with van der Waals surface area (Å²) >= 11 is 1.44. The molecular formula is C35H48N6O5S. The lowest BCUT2D eigenvalue weighted by Crippen LogP contribution is -2.58. The first kappa shape index (κ1) is 35.9. The minimum absolute atomic E-state index is 0.136. The number of aromatic amines is 1. The highest BCUT2D eigenvalue weighted by atomic mass is 32.2. The molecule has 1 aliphatic rings. The highest BCUT2D eigenvalue weighted by Gasteiger charge is 2.32. The van der Waals surface area contributed by atoms with E-state index in [0.29, 0.717) is 23.8 Å². The molecule has 0 aliphatic heterocycles. The quantitative estimate of drug-likeness (QED) is 0.148. The van der Waals surface area contributed by atoms with E-state index in [2.05, 4.69) is 30.9 Å². The van der Waals surface area contributed by atoms with Gasteiger partial charge >= 0.3 is 6.09 Å². The van der Waals surface area contributed by atoms with Crippen molar-refractivity contribution in [2.45, 2.75) is 107 Å². The predicted molar refractivity (Wildman–Crippen MR) is 182 cm³/mol. The van der Waals surface area contributed by atoms with Crippen molar-refractivity contribution < 1.29 is 24.2 Å². The molecule has 5 N–H and O–H groups in total. The summed E-state index contributed by atoms with van der Waals surface area (Å²) in [6.45, 7) is 5.24. The molecule has 1 aliphatic carbocycles. The lowest BCUT2D eigenvalue weighted by atomic mass is 9.83. The Morgan fingerprint density at radius 2 is 1.66 bits per heavy atom. The molecule has 0 bridgehead atoms. The van der Waals surface area contributed by atoms with E-state index in [0.717, 1.165) is 36.3 Å². The number of thioether (sulfide) groups is 1. The van der Waals surface area contributed by atoms with E-state index in [-0.39, 0.29) is 12.8 Å². The molecule has 0 spiro atoms. The lowest BCUT2D eigenvalue weighted by molar-refractivity contribution is -0.130. The van der Waals surface area contributed by atoms with Gasteiger partial charge in [-0.05, 0) is 50.8 Å². The third-order valence-electron chi connectivity index (χ3n) is 8.05. The van der Waals surface area contributed by atoms with Gasteiger partial charge in [-0.3, -0.25) is 9.59 Å². The largest absolute Gasteiger partial charge is 0.444 e. The molecule has 0 saturated heterocycles. The van der Waals surface area contributed by atoms with Crippen LogP contribution in [0.25, 0.3) is 0 Å². The van der Waals surface area contributed by atoms with Crippen molar-refractivity contribution in [1.82, 2.24) is 30.9 Å². The maximum Gasteiger partial charge on any atom is 0.408 e. The van der Waals surface area contributed by atoms with E-state index >= 15 is 0 Å². The number of pyridine rings is 1. The number of hydrogen-bond donors (Lipinski definition) is 5. The number of amides is 3. The van der Waals surface area contributed by atoms with Gasteiger partial charge in [-0.25, -0.2) is 14.8 Å². The number of nitrogens with zero attached hydrogens (tertiary/aromatic N) is 2. The summed E-state index contributed by atoms with van der Waals surface area (Å²) in [5.41, 5.74) is 0.726. The number of H-pyrrole nitrogens is 1. The third-order valence-corrected chi connectivity index (χ3v) is 9.09. The average molecular weight is 665 g/mol. The summed E-state index contributed by atoms with van der Waals surface area (Å²) < 4.78 is 5.44. The summed E-state index contributed by atoms with van der Waals surface area (Å²) in [6, 6.07) is 12.4. The number of imidazole rings is 1. The third kappa shape index (κ3) is 12.7. The Morgan fingerprint density at radius 1 is 0.957 bits per heavy atom. The Kier molecular flexibility index (Phi) is 13.7. The molecule has 12 heteroatoms. The molecule has 3 aromatic rings. The number of benzene rings is 1. The molecule has 254 valence electrons. The normalized spacial score (nSPS) is 16.3. The van der Waals surface area contributed by atoms with Crippen LogP contribution in [0, 0.1) is 5.92 Å². The number of carbonyl (C=O) groups is 3. The van der Waals surface area contributed by atoms with Crippen LogP contribution in [0.15, 0.2) is 72.3 Å². The fourth-order valence-corrected chi connectivity index (χ4v) is 6.59. The summed E-state index contributed by atoms with van der Waals surface area (Å²) in [5, 5.41) is 20.9. The number of nitrogens with one attached hydrogen (secondary N) is 4. The van der Waals surface area contributed by atoms with Crippen LogP contribution >= 0.6 is 11.8 Å². The molecule has 1 saturated carbocycles. The zero-order chi connectivity index (χ0) is 33.6. The van der Waals surface area contributed by atoms with Crippen LogP contribution in [0.2, 0.25) is 0 Å². The van der Waals surface area contributed by atoms with Crippen LogP contribution in [-0.2, 0) is 27.2 Å². The van der Waals surface area contributed by atoms with Crippen LogP contribution in [0.4, 0.5) is 4.79 Å². The Balaban J connectivity index is 1.52. The van der Waals surface area contributed by atoms with E-state index < -0.39 is 47.7 Å². The SMILES string of the molecule is CC(C)(C)OC(=O)N[C@@H](Cc1ccccc1)C(=O)N[C@@H](Cc1cnc[nH]1)C(=O)N[C@@H](CC1CCCCC1)[C@@H](O)CSc1ccccn1. The van der Waals surface area contributed by atoms with Crippen LogP contribution in [-0.4, -0.2) is 73.5 Å². The van der Waals surface area contributed by atoms with Crippen molar-refractivity contribution in [1.29, 1.82) is 0 Å². The van der Waals surface area contributed by atoms with Crippen molar-refractivity contribution in [3.8, 4) is 0 Å². The number of hydrogen-bond acceptors (Lipinski definition) is 8. The summed E-state index contributed by atoms with van der Waals surface area (Å²) in [6.07, 6.45) is 9.80. The fraction of sp³-hybridized carbons (Fsp3) is 0.514. The van der Waals surface area contributed by atoms with Gasteiger partial charge in [-0.15, -0.1) is 11.8 Å². The van der Waals surface area contributed by atoms with Crippen molar-refractivity contribution in [2.75, 3.05) is 5.75 Å². The number of aromatic nitrogens is 3. The Hall–Kier alpha value is -3.90. The van der Waals surface area contributed by atoms with E-state index in [1.807, 2.05) is 48.5 Å². The van der Waals surface area contributed by atoms with E-state index in [1.165, 1.54) is 24.5 Å². The standard InChI is InChI=1S/C35H48N6O5S/c1-35(2,3)46-34(45)41-28(19-25-14-8-5-9-15-25)32(43)40-29(20-26-21-36-23-38-26)33(44)39-27(18-24-12-6-4-7-13-24)30(42)22-47-31-16-10-11-17-37-31/h5,8-11,14-17,21,23-24,27-30,42H,4,6-7,12-13,18-20,22H2,1-3H3,(H,36,38)(H,39,44)(H,40,43)(H,41,45)/t27-,28-,29-,30-/m0/s1. The average Bonchev–Trinajstić information content (AvgIpc) is 3.56. The van der Waals surface area contributed by atoms with Gasteiger partial charge in [0, 0.05) is 36.7 Å². The number of rotatable bonds is 15. The monoisotopic (exact) mass is 664 g/mol. The van der Waals surface area contributed by atoms with Crippen LogP contribution in [0.3, 0.4) is 0 Å². The smallest absolute Gasteiger partial charge is 0.408 e. The molecule has 3 amide bonds. The summed E-state index contributed by atoms with van der Waals surface area (Å²) in [7, 11) is 0. The van der Waals surface area contributed by atoms with Crippen LogP contribution in [0.5, 0.6) is 0 Å². The van der Waals surface area contributed by atoms with E-state index in [1.54, 1.807) is 33.2 Å². The van der Waals surface area contributed by atoms with E-state index in [9.17, 15) is 19.5 Å². The number of ether oxygens (including phenoxy) is 1. The number of alkyl carbamates (subject to hydrolysis) is 1. The second-order valence-corrected chi connectivity index (χ2v) is 14.2. The predicted octanol–water partition coefficient (Wildman–Crippen LogP) is 4.58. The molecule has 47 heavy (non-hydrogen) atoms. The van der Waals surface area contributed by atoms with Gasteiger partial charge in [0.15, 0.2) is 0 Å². The molecular weight excluding hydrogens is 616 g/mol. The van der Waals surface area contributed by atoms with Crippen molar-refractivity contribution in [3.63, 3.8) is 0 Å². The van der Waals surface area contributed by atoms with Gasteiger partial charge in [-0.2, -0.15) is 0 Å². The Morgan fingerprint density at radius 3 is 2.32 bits per heavy atom. The number of aliphatic hydroxyl groups is 1. The fourth-order valence-electron chi connectivity index (χ4n) is 5.70. The van der Waals surface area contributed by atoms with Gasteiger partial charge in [0.25, 0.3) is 0 Å². The van der Waals surface area contributed by atoms with Gasteiger partial charge in [0.1, 0.15) is 17.7 Å². The second-order valence-electron chi connectivity index (χ2n) is 13.1. The molecule has 11 nitrogen and oxygen atoms in total. The first-order valence-electron chi connectivity index (χ1n) is 16.4. The minimum atomic E-state index is -1.01. The number of aliphatic hydroxyl groups excluding tert-OH is 1. The molecule has 4 atom stereocenters. The highest BCUT2D eigenvalue weighted by molar-refractivity contribution is 7.99. The summed E-state index contributed by atoms with van der Waals surface area (Å²) in [5.74, 6) is -0.219. The topological polar surface area (TPSA) is 158 Å². The second kappa shape index (κ2) is 17.9. The van der Waals surface area contributed by atoms with E-state index in [4.69, 9.17) is 4.74 Å². The molecule has 4 rings (SSSR count). The first-order valence-corrected chi connectivity index (χ1v) is 17.4. The minimum Gasteiger partial charge on any atom is -0.444 e. The van der Waals surface area contributed by atoms with Crippen LogP contribution < -0.4 is 16.0 Å². The maximum absolute atomic E-state index is 14.0.